The molecule has 26 heavy (non-hydrogen) atoms. The van der Waals surface area contributed by atoms with Crippen LogP contribution in [0.5, 0.6) is 5.75 Å². The minimum Gasteiger partial charge on any atom is -0.507 e. The second kappa shape index (κ2) is 8.92. The highest BCUT2D eigenvalue weighted by Crippen LogP contribution is 2.43. The van der Waals surface area contributed by atoms with Crippen molar-refractivity contribution in [2.75, 3.05) is 12.9 Å². The van der Waals surface area contributed by atoms with Crippen LogP contribution in [0.3, 0.4) is 0 Å². The quantitative estimate of drug-likeness (QED) is 0.487. The van der Waals surface area contributed by atoms with Crippen molar-refractivity contribution in [3.63, 3.8) is 0 Å². The second-order valence-corrected chi connectivity index (χ2v) is 11.6. The summed E-state index contributed by atoms with van der Waals surface area (Å²) in [5, 5.41) is 11.5. The Morgan fingerprint density at radius 3 is 1.88 bits per heavy atom. The van der Waals surface area contributed by atoms with Crippen molar-refractivity contribution in [2.45, 2.75) is 81.6 Å². The summed E-state index contributed by atoms with van der Waals surface area (Å²) >= 11 is 3.41. The fourth-order valence-corrected chi connectivity index (χ4v) is 4.71. The third-order valence-corrected chi connectivity index (χ3v) is 7.17. The minimum absolute atomic E-state index is 0.130. The van der Waals surface area contributed by atoms with Crippen LogP contribution in [0.2, 0.25) is 0 Å². The van der Waals surface area contributed by atoms with E-state index in [1.54, 1.807) is 23.5 Å². The Morgan fingerprint density at radius 1 is 1.04 bits per heavy atom. The molecule has 0 aromatic heterocycles. The lowest BCUT2D eigenvalue weighted by molar-refractivity contribution is -0.137. The minimum atomic E-state index is -0.186. The average molecular weight is 399 g/mol. The lowest BCUT2D eigenvalue weighted by Gasteiger charge is -2.29. The Balaban J connectivity index is 3.10. The molecule has 0 amide bonds. The zero-order valence-electron chi connectivity index (χ0n) is 17.6. The summed E-state index contributed by atoms with van der Waals surface area (Å²) in [6, 6.07) is 4.23. The van der Waals surface area contributed by atoms with E-state index in [1.807, 2.05) is 0 Å². The van der Waals surface area contributed by atoms with Gasteiger partial charge >= 0.3 is 5.97 Å². The highest BCUT2D eigenvalue weighted by molar-refractivity contribution is 8.04. The fraction of sp³-hybridized carbons (Fsp3) is 0.667. The van der Waals surface area contributed by atoms with Crippen LogP contribution in [0.4, 0.5) is 0 Å². The first-order valence-electron chi connectivity index (χ1n) is 9.00. The Kier molecular flexibility index (Phi) is 7.97. The summed E-state index contributed by atoms with van der Waals surface area (Å²) in [6.07, 6.45) is 0. The van der Waals surface area contributed by atoms with Gasteiger partial charge < -0.3 is 9.84 Å². The second-order valence-electron chi connectivity index (χ2n) is 8.78. The predicted octanol–water partition coefficient (Wildman–Crippen LogP) is 5.76. The van der Waals surface area contributed by atoms with Gasteiger partial charge in [0, 0.05) is 26.5 Å². The Bertz CT molecular complexity index is 592. The third kappa shape index (κ3) is 6.41. The van der Waals surface area contributed by atoms with Crippen LogP contribution >= 0.6 is 23.5 Å². The normalized spacial score (nSPS) is 14.8. The van der Waals surface area contributed by atoms with Gasteiger partial charge in [-0.3, -0.25) is 4.79 Å². The lowest BCUT2D eigenvalue weighted by Crippen LogP contribution is -2.18. The number of carbonyl (C=O) groups excluding carboxylic acids is 1. The first-order valence-corrected chi connectivity index (χ1v) is 10.9. The standard InChI is InChI=1S/C21H34O3S2/c1-13(25-12-18(22)24-9)14(2)26-15-10-16(20(3,4)5)19(23)17(11-15)21(6,7)8/h10-11,13-14,23H,12H2,1-9H3. The average Bonchev–Trinajstić information content (AvgIpc) is 2.51. The van der Waals surface area contributed by atoms with E-state index in [-0.39, 0.29) is 16.8 Å². The molecule has 0 bridgehead atoms. The van der Waals surface area contributed by atoms with E-state index >= 15 is 0 Å². The molecule has 0 saturated heterocycles. The summed E-state index contributed by atoms with van der Waals surface area (Å²) in [6.45, 7) is 17.1. The number of aromatic hydroxyl groups is 1. The number of thioether (sulfide) groups is 2. The van der Waals surface area contributed by atoms with Crippen LogP contribution in [0.25, 0.3) is 0 Å². The van der Waals surface area contributed by atoms with Gasteiger partial charge in [-0.25, -0.2) is 0 Å². The molecule has 0 spiro atoms. The fourth-order valence-electron chi connectivity index (χ4n) is 2.52. The maximum atomic E-state index is 11.4. The van der Waals surface area contributed by atoms with Gasteiger partial charge in [-0.1, -0.05) is 55.4 Å². The maximum absolute atomic E-state index is 11.4. The molecule has 0 aliphatic heterocycles. The monoisotopic (exact) mass is 398 g/mol. The van der Waals surface area contributed by atoms with E-state index in [1.165, 1.54) is 7.11 Å². The topological polar surface area (TPSA) is 46.5 Å². The van der Waals surface area contributed by atoms with E-state index in [9.17, 15) is 9.90 Å². The molecule has 0 radical (unpaired) electrons. The molecule has 148 valence electrons. The van der Waals surface area contributed by atoms with E-state index in [4.69, 9.17) is 4.74 Å². The highest BCUT2D eigenvalue weighted by Gasteiger charge is 2.27. The predicted molar refractivity (Wildman–Crippen MR) is 115 cm³/mol. The van der Waals surface area contributed by atoms with Gasteiger partial charge in [0.2, 0.25) is 0 Å². The molecule has 1 aromatic carbocycles. The molecule has 1 rings (SSSR count). The molecule has 2 atom stereocenters. The van der Waals surface area contributed by atoms with Gasteiger partial charge in [0.05, 0.1) is 12.9 Å². The van der Waals surface area contributed by atoms with Crippen LogP contribution in [-0.2, 0) is 20.4 Å². The molecule has 1 N–H and O–H groups in total. The van der Waals surface area contributed by atoms with Crippen molar-refractivity contribution >= 4 is 29.5 Å². The van der Waals surface area contributed by atoms with E-state index in [0.29, 0.717) is 22.0 Å². The number of methoxy groups -OCH3 is 1. The first kappa shape index (κ1) is 23.2. The number of phenols is 1. The number of benzene rings is 1. The van der Waals surface area contributed by atoms with Crippen molar-refractivity contribution in [3.8, 4) is 5.75 Å². The van der Waals surface area contributed by atoms with Crippen LogP contribution in [0.1, 0.15) is 66.5 Å². The van der Waals surface area contributed by atoms with Crippen molar-refractivity contribution in [1.82, 2.24) is 0 Å². The molecule has 0 aliphatic carbocycles. The Labute approximate surface area is 167 Å². The van der Waals surface area contributed by atoms with Gasteiger partial charge in [-0.2, -0.15) is 0 Å². The number of phenolic OH excluding ortho intramolecular Hbond substituents is 1. The number of ether oxygens (including phenoxy) is 1. The van der Waals surface area contributed by atoms with Gasteiger partial charge in [-0.15, -0.1) is 23.5 Å². The Hall–Kier alpha value is -0.810. The zero-order chi connectivity index (χ0) is 20.3. The van der Waals surface area contributed by atoms with E-state index < -0.39 is 0 Å². The molecule has 0 fully saturated rings. The highest BCUT2D eigenvalue weighted by atomic mass is 32.2. The summed E-state index contributed by atoms with van der Waals surface area (Å²) in [4.78, 5) is 12.5. The van der Waals surface area contributed by atoms with Crippen LogP contribution in [0, 0.1) is 0 Å². The first-order chi connectivity index (χ1) is 11.8. The molecule has 0 aliphatic rings. The van der Waals surface area contributed by atoms with E-state index in [0.717, 1.165) is 16.0 Å². The number of hydrogen-bond acceptors (Lipinski definition) is 5. The van der Waals surface area contributed by atoms with Crippen LogP contribution < -0.4 is 0 Å². The largest absolute Gasteiger partial charge is 0.507 e. The summed E-state index contributed by atoms with van der Waals surface area (Å²) in [5.74, 6) is 0.599. The molecule has 2 unspecified atom stereocenters. The van der Waals surface area contributed by atoms with Crippen molar-refractivity contribution in [2.24, 2.45) is 0 Å². The summed E-state index contributed by atoms with van der Waals surface area (Å²) in [5.41, 5.74) is 1.70. The molecule has 1 aromatic rings. The molecular weight excluding hydrogens is 364 g/mol. The smallest absolute Gasteiger partial charge is 0.315 e. The Morgan fingerprint density at radius 2 is 1.50 bits per heavy atom. The maximum Gasteiger partial charge on any atom is 0.315 e. The van der Waals surface area contributed by atoms with Crippen molar-refractivity contribution in [3.05, 3.63) is 23.3 Å². The van der Waals surface area contributed by atoms with Gasteiger partial charge in [0.15, 0.2) is 0 Å². The van der Waals surface area contributed by atoms with Crippen molar-refractivity contribution in [1.29, 1.82) is 0 Å². The van der Waals surface area contributed by atoms with E-state index in [2.05, 4.69) is 67.5 Å². The van der Waals surface area contributed by atoms with Gasteiger partial charge in [0.25, 0.3) is 0 Å². The molecule has 3 nitrogen and oxygen atoms in total. The number of hydrogen-bond donors (Lipinski definition) is 1. The molecule has 0 saturated carbocycles. The van der Waals surface area contributed by atoms with Gasteiger partial charge in [0.1, 0.15) is 5.75 Å². The third-order valence-electron chi connectivity index (χ3n) is 4.37. The van der Waals surface area contributed by atoms with Crippen molar-refractivity contribution < 1.29 is 14.6 Å². The van der Waals surface area contributed by atoms with Gasteiger partial charge in [-0.05, 0) is 23.0 Å². The zero-order valence-corrected chi connectivity index (χ0v) is 19.2. The van der Waals surface area contributed by atoms with Crippen LogP contribution in [0.15, 0.2) is 17.0 Å². The van der Waals surface area contributed by atoms with Crippen LogP contribution in [-0.4, -0.2) is 34.4 Å². The lowest BCUT2D eigenvalue weighted by atomic mass is 9.79. The summed E-state index contributed by atoms with van der Waals surface area (Å²) < 4.78 is 4.72. The number of carbonyl (C=O) groups is 1. The molecular formula is C21H34O3S2. The number of rotatable bonds is 6. The number of esters is 1. The summed E-state index contributed by atoms with van der Waals surface area (Å²) in [7, 11) is 1.42. The SMILES string of the molecule is COC(=O)CSC(C)C(C)Sc1cc(C(C)(C)C)c(O)c(C(C)(C)C)c1. The molecule has 5 heteroatoms. The molecule has 0 heterocycles.